The third-order valence-electron chi connectivity index (χ3n) is 4.03. The molecule has 2 aromatic carbocycles. The second-order valence-corrected chi connectivity index (χ2v) is 5.77. The summed E-state index contributed by atoms with van der Waals surface area (Å²) in [7, 11) is 0. The molecule has 0 atom stereocenters. The summed E-state index contributed by atoms with van der Waals surface area (Å²) in [4.78, 5) is 11.9. The van der Waals surface area contributed by atoms with Crippen molar-refractivity contribution >= 4 is 34.7 Å². The van der Waals surface area contributed by atoms with Crippen molar-refractivity contribution in [3.63, 3.8) is 0 Å². The van der Waals surface area contributed by atoms with Crippen molar-refractivity contribution in [2.75, 3.05) is 5.32 Å². The van der Waals surface area contributed by atoms with E-state index in [9.17, 15) is 0 Å². The first-order chi connectivity index (χ1) is 12.8. The molecular formula is C21H15N5. The first-order valence-electron chi connectivity index (χ1n) is 8.15. The molecular weight excluding hydrogens is 322 g/mol. The van der Waals surface area contributed by atoms with Crippen LogP contribution in [0.3, 0.4) is 0 Å². The van der Waals surface area contributed by atoms with Gasteiger partial charge in [-0.25, -0.2) is 9.97 Å². The van der Waals surface area contributed by atoms with Crippen LogP contribution in [0.2, 0.25) is 0 Å². The molecule has 0 radical (unpaired) electrons. The van der Waals surface area contributed by atoms with Crippen LogP contribution in [0.25, 0.3) is 23.1 Å². The fourth-order valence-electron chi connectivity index (χ4n) is 2.69. The molecule has 0 saturated heterocycles. The molecule has 124 valence electrons. The van der Waals surface area contributed by atoms with Gasteiger partial charge in [0.15, 0.2) is 0 Å². The van der Waals surface area contributed by atoms with Gasteiger partial charge in [-0.1, -0.05) is 24.3 Å². The lowest BCUT2D eigenvalue weighted by Crippen LogP contribution is -1.96. The number of aromatic amines is 1. The zero-order valence-electron chi connectivity index (χ0n) is 13.8. The molecule has 0 fully saturated rings. The molecule has 0 amide bonds. The second kappa shape index (κ2) is 6.91. The van der Waals surface area contributed by atoms with E-state index in [1.54, 1.807) is 24.5 Å². The van der Waals surface area contributed by atoms with Crippen molar-refractivity contribution in [1.29, 1.82) is 5.26 Å². The van der Waals surface area contributed by atoms with Gasteiger partial charge in [-0.05, 0) is 42.0 Å². The van der Waals surface area contributed by atoms with E-state index >= 15 is 0 Å². The highest BCUT2D eigenvalue weighted by Crippen LogP contribution is 2.20. The number of hydrogen-bond acceptors (Lipinski definition) is 4. The van der Waals surface area contributed by atoms with Gasteiger partial charge in [0, 0.05) is 40.7 Å². The summed E-state index contributed by atoms with van der Waals surface area (Å²) in [5.41, 5.74) is 4.64. The number of benzene rings is 2. The molecule has 2 heterocycles. The third kappa shape index (κ3) is 3.30. The van der Waals surface area contributed by atoms with Gasteiger partial charge in [0.05, 0.1) is 11.6 Å². The largest absolute Gasteiger partial charge is 0.361 e. The van der Waals surface area contributed by atoms with Crippen LogP contribution in [0.1, 0.15) is 16.7 Å². The maximum atomic E-state index is 8.82. The summed E-state index contributed by atoms with van der Waals surface area (Å²) < 4.78 is 0. The zero-order valence-corrected chi connectivity index (χ0v) is 13.8. The highest BCUT2D eigenvalue weighted by Gasteiger charge is 2.00. The van der Waals surface area contributed by atoms with Crippen molar-refractivity contribution in [1.82, 2.24) is 15.0 Å². The minimum atomic E-state index is 0.514. The Hall–Kier alpha value is -3.91. The Kier molecular flexibility index (Phi) is 4.15. The van der Waals surface area contributed by atoms with E-state index in [4.69, 9.17) is 5.26 Å². The van der Waals surface area contributed by atoms with Crippen LogP contribution < -0.4 is 5.32 Å². The monoisotopic (exact) mass is 337 g/mol. The average Bonchev–Trinajstić information content (AvgIpc) is 3.17. The number of H-pyrrole nitrogens is 1. The van der Waals surface area contributed by atoms with Gasteiger partial charge in [0.1, 0.15) is 0 Å². The van der Waals surface area contributed by atoms with E-state index in [2.05, 4.69) is 50.6 Å². The first-order valence-corrected chi connectivity index (χ1v) is 8.15. The van der Waals surface area contributed by atoms with Crippen LogP contribution in [-0.4, -0.2) is 15.0 Å². The molecule has 0 unspecified atom stereocenters. The van der Waals surface area contributed by atoms with E-state index < -0.39 is 0 Å². The topological polar surface area (TPSA) is 77.4 Å². The maximum Gasteiger partial charge on any atom is 0.227 e. The fraction of sp³-hybridized carbons (Fsp3) is 0. The summed E-state index contributed by atoms with van der Waals surface area (Å²) in [5.74, 6) is 0.514. The molecule has 4 aromatic rings. The predicted molar refractivity (Wildman–Crippen MR) is 104 cm³/mol. The molecule has 5 heteroatoms. The van der Waals surface area contributed by atoms with E-state index in [1.807, 2.05) is 30.5 Å². The van der Waals surface area contributed by atoms with Gasteiger partial charge in [-0.15, -0.1) is 0 Å². The summed E-state index contributed by atoms with van der Waals surface area (Å²) in [6.45, 7) is 0. The minimum absolute atomic E-state index is 0.514. The number of fused-ring (bicyclic) bond motifs is 1. The number of aromatic nitrogens is 3. The van der Waals surface area contributed by atoms with Crippen molar-refractivity contribution < 1.29 is 0 Å². The van der Waals surface area contributed by atoms with Crippen molar-refractivity contribution in [3.8, 4) is 6.07 Å². The molecule has 5 nitrogen and oxygen atoms in total. The minimum Gasteiger partial charge on any atom is -0.361 e. The number of nitrogens with zero attached hydrogens (tertiary/aromatic N) is 3. The Balaban J connectivity index is 1.49. The molecule has 4 rings (SSSR count). The lowest BCUT2D eigenvalue weighted by molar-refractivity contribution is 1.16. The Morgan fingerprint density at radius 2 is 1.77 bits per heavy atom. The van der Waals surface area contributed by atoms with Gasteiger partial charge in [-0.2, -0.15) is 5.26 Å². The van der Waals surface area contributed by atoms with Crippen LogP contribution >= 0.6 is 0 Å². The number of rotatable bonds is 4. The van der Waals surface area contributed by atoms with Crippen molar-refractivity contribution in [3.05, 3.63) is 83.8 Å². The number of anilines is 2. The molecule has 0 bridgehead atoms. The molecule has 0 saturated carbocycles. The highest BCUT2D eigenvalue weighted by atomic mass is 15.1. The Bertz CT molecular complexity index is 1100. The molecule has 26 heavy (non-hydrogen) atoms. The molecule has 0 aliphatic carbocycles. The summed E-state index contributed by atoms with van der Waals surface area (Å²) in [5, 5.41) is 13.1. The highest BCUT2D eigenvalue weighted by molar-refractivity contribution is 5.91. The summed E-state index contributed by atoms with van der Waals surface area (Å²) >= 11 is 0. The summed E-state index contributed by atoms with van der Waals surface area (Å²) in [6, 6.07) is 17.5. The Labute approximate surface area is 150 Å². The van der Waals surface area contributed by atoms with E-state index in [0.29, 0.717) is 11.5 Å². The smallest absolute Gasteiger partial charge is 0.227 e. The van der Waals surface area contributed by atoms with Crippen LogP contribution in [0.15, 0.2) is 67.1 Å². The molecule has 0 aliphatic rings. The van der Waals surface area contributed by atoms with Gasteiger partial charge < -0.3 is 10.3 Å². The summed E-state index contributed by atoms with van der Waals surface area (Å²) in [6.07, 6.45) is 9.53. The van der Waals surface area contributed by atoms with Gasteiger partial charge in [-0.3, -0.25) is 0 Å². The number of nitriles is 1. The fourth-order valence-corrected chi connectivity index (χ4v) is 2.69. The van der Waals surface area contributed by atoms with Crippen LogP contribution in [0.5, 0.6) is 0 Å². The van der Waals surface area contributed by atoms with Crippen LogP contribution in [0.4, 0.5) is 11.6 Å². The Morgan fingerprint density at radius 1 is 0.962 bits per heavy atom. The lowest BCUT2D eigenvalue weighted by Gasteiger charge is -2.04. The maximum absolute atomic E-state index is 8.82. The van der Waals surface area contributed by atoms with Crippen LogP contribution in [-0.2, 0) is 0 Å². The molecule has 2 aromatic heterocycles. The Morgan fingerprint density at radius 3 is 2.54 bits per heavy atom. The van der Waals surface area contributed by atoms with Gasteiger partial charge in [0.25, 0.3) is 0 Å². The van der Waals surface area contributed by atoms with Gasteiger partial charge in [0.2, 0.25) is 5.95 Å². The van der Waals surface area contributed by atoms with Crippen molar-refractivity contribution in [2.24, 2.45) is 0 Å². The normalized spacial score (nSPS) is 10.9. The average molecular weight is 337 g/mol. The van der Waals surface area contributed by atoms with E-state index in [1.165, 1.54) is 5.39 Å². The number of hydrogen-bond donors (Lipinski definition) is 2. The quantitative estimate of drug-likeness (QED) is 0.563. The number of nitrogens with one attached hydrogen (secondary N) is 2. The molecule has 0 aliphatic heterocycles. The lowest BCUT2D eigenvalue weighted by atomic mass is 10.1. The van der Waals surface area contributed by atoms with Crippen molar-refractivity contribution in [2.45, 2.75) is 0 Å². The molecule has 0 spiro atoms. The van der Waals surface area contributed by atoms with Crippen LogP contribution in [0, 0.1) is 11.3 Å². The zero-order chi connectivity index (χ0) is 17.8. The predicted octanol–water partition coefficient (Wildman–Crippen LogP) is 4.74. The molecule has 2 N–H and O–H groups in total. The third-order valence-corrected chi connectivity index (χ3v) is 4.03. The van der Waals surface area contributed by atoms with E-state index in [-0.39, 0.29) is 0 Å². The van der Waals surface area contributed by atoms with E-state index in [0.717, 1.165) is 22.3 Å². The SMILES string of the molecule is N#Cc1ccc(Nc2ncc(C=Cc3cccc4[nH]ccc34)cn2)cc1. The second-order valence-electron chi connectivity index (χ2n) is 5.77. The standard InChI is InChI=1S/C21H15N5/c22-12-15-5-8-18(9-6-15)26-21-24-13-16(14-25-21)4-7-17-2-1-3-20-19(17)10-11-23-20/h1-11,13-14,23H,(H,24,25,26). The van der Waals surface area contributed by atoms with Gasteiger partial charge >= 0.3 is 0 Å². The first kappa shape index (κ1) is 15.6.